The predicted molar refractivity (Wildman–Crippen MR) is 107 cm³/mol. The molecule has 1 saturated heterocycles. The molecule has 0 unspecified atom stereocenters. The van der Waals surface area contributed by atoms with Crippen molar-refractivity contribution in [3.63, 3.8) is 0 Å². The van der Waals surface area contributed by atoms with Crippen molar-refractivity contribution < 1.29 is 4.74 Å². The average Bonchev–Trinajstić information content (AvgIpc) is 3.33. The molecule has 0 aromatic heterocycles. The second-order valence-corrected chi connectivity index (χ2v) is 7.57. The Balaban J connectivity index is 1.38. The molecule has 2 aromatic carbocycles. The van der Waals surface area contributed by atoms with Crippen molar-refractivity contribution in [1.29, 1.82) is 0 Å². The van der Waals surface area contributed by atoms with Gasteiger partial charge in [0.05, 0.1) is 7.11 Å². The molecule has 0 amide bonds. The van der Waals surface area contributed by atoms with E-state index in [9.17, 15) is 0 Å². The van der Waals surface area contributed by atoms with E-state index in [4.69, 9.17) is 10.5 Å². The van der Waals surface area contributed by atoms with Gasteiger partial charge >= 0.3 is 0 Å². The number of hydrogen-bond acceptors (Lipinski definition) is 4. The number of likely N-dealkylation sites (tertiary alicyclic amines) is 1. The monoisotopic (exact) mass is 351 g/mol. The van der Waals surface area contributed by atoms with Gasteiger partial charge in [0.2, 0.25) is 0 Å². The number of nitrogens with two attached hydrogens (primary N) is 1. The quantitative estimate of drug-likeness (QED) is 0.805. The molecule has 138 valence electrons. The SMILES string of the molecule is COc1cccc(-c2ccccc2[C@@H]2C[C@H]2NCCN2CC[C@@H](N)C2)c1. The van der Waals surface area contributed by atoms with Gasteiger partial charge in [-0.15, -0.1) is 0 Å². The highest BCUT2D eigenvalue weighted by molar-refractivity contribution is 5.70. The first kappa shape index (κ1) is 17.5. The number of ether oxygens (including phenoxy) is 1. The molecule has 4 rings (SSSR count). The Morgan fingerprint density at radius 2 is 2.08 bits per heavy atom. The molecule has 1 aliphatic heterocycles. The summed E-state index contributed by atoms with van der Waals surface area (Å²) in [5.74, 6) is 1.52. The van der Waals surface area contributed by atoms with E-state index in [1.807, 2.05) is 6.07 Å². The van der Waals surface area contributed by atoms with E-state index in [1.165, 1.54) is 23.1 Å². The maximum absolute atomic E-state index is 5.99. The molecule has 1 aliphatic carbocycles. The van der Waals surface area contributed by atoms with Crippen molar-refractivity contribution in [3.8, 4) is 16.9 Å². The van der Waals surface area contributed by atoms with Crippen molar-refractivity contribution in [2.45, 2.75) is 30.8 Å². The number of hydrogen-bond donors (Lipinski definition) is 2. The molecule has 0 bridgehead atoms. The maximum atomic E-state index is 5.99. The second kappa shape index (κ2) is 7.78. The zero-order valence-electron chi connectivity index (χ0n) is 15.5. The van der Waals surface area contributed by atoms with Crippen LogP contribution in [0.4, 0.5) is 0 Å². The van der Waals surface area contributed by atoms with Gasteiger partial charge < -0.3 is 20.7 Å². The van der Waals surface area contributed by atoms with Gasteiger partial charge in [-0.2, -0.15) is 0 Å². The zero-order valence-corrected chi connectivity index (χ0v) is 15.5. The van der Waals surface area contributed by atoms with Crippen LogP contribution in [0.1, 0.15) is 24.3 Å². The van der Waals surface area contributed by atoms with Gasteiger partial charge in [0, 0.05) is 37.6 Å². The smallest absolute Gasteiger partial charge is 0.119 e. The highest BCUT2D eigenvalue weighted by atomic mass is 16.5. The highest BCUT2D eigenvalue weighted by Crippen LogP contribution is 2.45. The van der Waals surface area contributed by atoms with Gasteiger partial charge in [-0.1, -0.05) is 36.4 Å². The minimum Gasteiger partial charge on any atom is -0.497 e. The lowest BCUT2D eigenvalue weighted by Crippen LogP contribution is -2.33. The number of methoxy groups -OCH3 is 1. The summed E-state index contributed by atoms with van der Waals surface area (Å²) in [5, 5.41) is 3.74. The fraction of sp³-hybridized carbons (Fsp3) is 0.455. The van der Waals surface area contributed by atoms with E-state index < -0.39 is 0 Å². The summed E-state index contributed by atoms with van der Waals surface area (Å²) in [6.07, 6.45) is 2.36. The summed E-state index contributed by atoms with van der Waals surface area (Å²) in [4.78, 5) is 2.47. The van der Waals surface area contributed by atoms with Crippen LogP contribution in [0, 0.1) is 0 Å². The van der Waals surface area contributed by atoms with Crippen LogP contribution in [-0.4, -0.2) is 50.3 Å². The van der Waals surface area contributed by atoms with Gasteiger partial charge in [-0.3, -0.25) is 0 Å². The van der Waals surface area contributed by atoms with Crippen molar-refractivity contribution in [2.75, 3.05) is 33.3 Å². The van der Waals surface area contributed by atoms with Gasteiger partial charge in [-0.25, -0.2) is 0 Å². The van der Waals surface area contributed by atoms with E-state index in [0.29, 0.717) is 18.0 Å². The van der Waals surface area contributed by atoms with E-state index in [2.05, 4.69) is 52.7 Å². The van der Waals surface area contributed by atoms with E-state index in [1.54, 1.807) is 7.11 Å². The molecule has 1 heterocycles. The van der Waals surface area contributed by atoms with Crippen molar-refractivity contribution in [2.24, 2.45) is 5.73 Å². The Morgan fingerprint density at radius 1 is 1.19 bits per heavy atom. The van der Waals surface area contributed by atoms with Crippen LogP contribution in [0.3, 0.4) is 0 Å². The third-order valence-corrected chi connectivity index (χ3v) is 5.67. The first-order valence-electron chi connectivity index (χ1n) is 9.69. The van der Waals surface area contributed by atoms with Gasteiger partial charge in [0.25, 0.3) is 0 Å². The summed E-state index contributed by atoms with van der Waals surface area (Å²) < 4.78 is 5.40. The molecule has 2 fully saturated rings. The number of nitrogens with one attached hydrogen (secondary N) is 1. The fourth-order valence-corrected chi connectivity index (χ4v) is 4.11. The van der Waals surface area contributed by atoms with Crippen molar-refractivity contribution in [1.82, 2.24) is 10.2 Å². The third-order valence-electron chi connectivity index (χ3n) is 5.67. The third kappa shape index (κ3) is 3.93. The van der Waals surface area contributed by atoms with E-state index >= 15 is 0 Å². The van der Waals surface area contributed by atoms with Gasteiger partial charge in [0.15, 0.2) is 0 Å². The Morgan fingerprint density at radius 3 is 2.88 bits per heavy atom. The molecule has 4 nitrogen and oxygen atoms in total. The van der Waals surface area contributed by atoms with Crippen LogP contribution in [0.2, 0.25) is 0 Å². The molecule has 2 aromatic rings. The van der Waals surface area contributed by atoms with E-state index in [0.717, 1.165) is 38.3 Å². The maximum Gasteiger partial charge on any atom is 0.119 e. The minimum absolute atomic E-state index is 0.374. The number of rotatable bonds is 7. The molecule has 3 N–H and O–H groups in total. The molecular formula is C22H29N3O. The van der Waals surface area contributed by atoms with Crippen LogP contribution in [0.25, 0.3) is 11.1 Å². The summed E-state index contributed by atoms with van der Waals surface area (Å²) in [5.41, 5.74) is 9.99. The van der Waals surface area contributed by atoms with Crippen molar-refractivity contribution in [3.05, 3.63) is 54.1 Å². The Labute approximate surface area is 156 Å². The molecule has 0 spiro atoms. The zero-order chi connectivity index (χ0) is 17.9. The number of nitrogens with zero attached hydrogens (tertiary/aromatic N) is 1. The standard InChI is InChI=1S/C22H29N3O/c1-26-18-6-4-5-16(13-18)19-7-2-3-8-20(19)21-14-22(21)24-10-12-25-11-9-17(23)15-25/h2-8,13,17,21-22,24H,9-12,14-15,23H2,1H3/t17-,21+,22-/m1/s1. The Bertz CT molecular complexity index is 748. The molecule has 26 heavy (non-hydrogen) atoms. The lowest BCUT2D eigenvalue weighted by molar-refractivity contribution is 0.331. The average molecular weight is 351 g/mol. The largest absolute Gasteiger partial charge is 0.497 e. The molecular weight excluding hydrogens is 322 g/mol. The molecule has 1 saturated carbocycles. The first-order chi connectivity index (χ1) is 12.7. The van der Waals surface area contributed by atoms with Crippen molar-refractivity contribution >= 4 is 0 Å². The van der Waals surface area contributed by atoms with Crippen LogP contribution < -0.4 is 15.8 Å². The fourth-order valence-electron chi connectivity index (χ4n) is 4.11. The first-order valence-corrected chi connectivity index (χ1v) is 9.69. The summed E-state index contributed by atoms with van der Waals surface area (Å²) in [6.45, 7) is 4.35. The molecule has 3 atom stereocenters. The normalized spacial score (nSPS) is 25.4. The molecule has 4 heteroatoms. The van der Waals surface area contributed by atoms with Crippen LogP contribution >= 0.6 is 0 Å². The summed E-state index contributed by atoms with van der Waals surface area (Å²) in [7, 11) is 1.72. The summed E-state index contributed by atoms with van der Waals surface area (Å²) in [6, 6.07) is 18.1. The molecule has 2 aliphatic rings. The van der Waals surface area contributed by atoms with Crippen LogP contribution in [0.5, 0.6) is 5.75 Å². The molecule has 0 radical (unpaired) electrons. The second-order valence-electron chi connectivity index (χ2n) is 7.57. The van der Waals surface area contributed by atoms with E-state index in [-0.39, 0.29) is 0 Å². The lowest BCUT2D eigenvalue weighted by atomic mass is 9.96. The summed E-state index contributed by atoms with van der Waals surface area (Å²) >= 11 is 0. The lowest BCUT2D eigenvalue weighted by Gasteiger charge is -2.15. The number of benzene rings is 2. The predicted octanol–water partition coefficient (Wildman–Crippen LogP) is 2.84. The minimum atomic E-state index is 0.374. The van der Waals surface area contributed by atoms with Gasteiger partial charge in [-0.05, 0) is 48.2 Å². The van der Waals surface area contributed by atoms with Gasteiger partial charge in [0.1, 0.15) is 5.75 Å². The Hall–Kier alpha value is -1.88. The Kier molecular flexibility index (Phi) is 5.25. The van der Waals surface area contributed by atoms with Crippen LogP contribution in [0.15, 0.2) is 48.5 Å². The highest BCUT2D eigenvalue weighted by Gasteiger charge is 2.39. The topological polar surface area (TPSA) is 50.5 Å². The van der Waals surface area contributed by atoms with Crippen LogP contribution in [-0.2, 0) is 0 Å².